The summed E-state index contributed by atoms with van der Waals surface area (Å²) >= 11 is 0. The molecular formula is C17H15FN6. The summed E-state index contributed by atoms with van der Waals surface area (Å²) in [5, 5.41) is 15.0. The molecule has 0 spiro atoms. The van der Waals surface area contributed by atoms with Crippen LogP contribution in [0.2, 0.25) is 0 Å². The number of nitrogens with zero attached hydrogens (tertiary/aromatic N) is 4. The quantitative estimate of drug-likeness (QED) is 0.574. The summed E-state index contributed by atoms with van der Waals surface area (Å²) in [6.07, 6.45) is 4.82. The van der Waals surface area contributed by atoms with Crippen LogP contribution in [-0.4, -0.2) is 26.6 Å². The molecule has 2 N–H and O–H groups in total. The van der Waals surface area contributed by atoms with E-state index >= 15 is 0 Å². The van der Waals surface area contributed by atoms with Gasteiger partial charge in [0.25, 0.3) is 0 Å². The SMILES string of the molecule is N=C(/N=C(\NCc1ccccc1F)c1ccccn1)n1cccn1. The first-order valence-corrected chi connectivity index (χ1v) is 7.30. The predicted molar refractivity (Wildman–Crippen MR) is 89.4 cm³/mol. The van der Waals surface area contributed by atoms with Crippen molar-refractivity contribution in [2.24, 2.45) is 4.99 Å². The lowest BCUT2D eigenvalue weighted by Gasteiger charge is -2.10. The number of rotatable bonds is 3. The van der Waals surface area contributed by atoms with Gasteiger partial charge in [-0.05, 0) is 24.3 Å². The molecule has 1 aromatic carbocycles. The molecule has 7 heteroatoms. The molecule has 3 rings (SSSR count). The van der Waals surface area contributed by atoms with Crippen molar-refractivity contribution in [3.63, 3.8) is 0 Å². The monoisotopic (exact) mass is 322 g/mol. The average molecular weight is 322 g/mol. The summed E-state index contributed by atoms with van der Waals surface area (Å²) in [5.74, 6) is 0.00793. The van der Waals surface area contributed by atoms with Gasteiger partial charge in [-0.25, -0.2) is 9.07 Å². The maximum absolute atomic E-state index is 13.8. The third-order valence-corrected chi connectivity index (χ3v) is 3.25. The van der Waals surface area contributed by atoms with E-state index < -0.39 is 0 Å². The summed E-state index contributed by atoms with van der Waals surface area (Å²) in [5.41, 5.74) is 1.07. The zero-order valence-electron chi connectivity index (χ0n) is 12.7. The van der Waals surface area contributed by atoms with Crippen LogP contribution in [0, 0.1) is 11.2 Å². The second kappa shape index (κ2) is 7.28. The van der Waals surface area contributed by atoms with Crippen LogP contribution in [0.5, 0.6) is 0 Å². The lowest BCUT2D eigenvalue weighted by Crippen LogP contribution is -2.27. The van der Waals surface area contributed by atoms with Crippen LogP contribution >= 0.6 is 0 Å². The van der Waals surface area contributed by atoms with E-state index in [0.29, 0.717) is 17.1 Å². The number of benzene rings is 1. The highest BCUT2D eigenvalue weighted by atomic mass is 19.1. The van der Waals surface area contributed by atoms with Crippen molar-refractivity contribution in [1.82, 2.24) is 20.1 Å². The molecule has 0 fully saturated rings. The van der Waals surface area contributed by atoms with Gasteiger partial charge >= 0.3 is 0 Å². The van der Waals surface area contributed by atoms with Crippen LogP contribution in [0.3, 0.4) is 0 Å². The minimum atomic E-state index is -0.299. The Bertz CT molecular complexity index is 843. The molecule has 2 aromatic heterocycles. The molecule has 0 aliphatic carbocycles. The standard InChI is InChI=1S/C17H15FN6/c18-14-7-2-1-6-13(14)12-21-16(15-8-3-4-9-20-15)23-17(19)24-11-5-10-22-24/h1-11H,12H2,(H2,19,21,23). The first-order valence-electron chi connectivity index (χ1n) is 7.30. The molecule has 0 bridgehead atoms. The van der Waals surface area contributed by atoms with Crippen molar-refractivity contribution in [3.05, 3.63) is 84.2 Å². The topological polar surface area (TPSA) is 79.0 Å². The van der Waals surface area contributed by atoms with E-state index in [1.54, 1.807) is 55.0 Å². The molecule has 0 radical (unpaired) electrons. The van der Waals surface area contributed by atoms with Crippen molar-refractivity contribution < 1.29 is 4.39 Å². The van der Waals surface area contributed by atoms with Gasteiger partial charge < -0.3 is 5.32 Å². The number of hydrogen-bond donors (Lipinski definition) is 2. The van der Waals surface area contributed by atoms with Gasteiger partial charge in [0.1, 0.15) is 11.5 Å². The second-order valence-electron chi connectivity index (χ2n) is 4.89. The largest absolute Gasteiger partial charge is 0.364 e. The van der Waals surface area contributed by atoms with Crippen LogP contribution in [-0.2, 0) is 6.54 Å². The van der Waals surface area contributed by atoms with E-state index in [2.05, 4.69) is 20.4 Å². The van der Waals surface area contributed by atoms with Gasteiger partial charge in [-0.2, -0.15) is 10.1 Å². The number of aromatic nitrogens is 3. The van der Waals surface area contributed by atoms with Crippen LogP contribution in [0.4, 0.5) is 4.39 Å². The van der Waals surface area contributed by atoms with Crippen LogP contribution in [0.15, 0.2) is 72.1 Å². The number of aliphatic imine (C=N–C) groups is 1. The van der Waals surface area contributed by atoms with Gasteiger partial charge in [0.05, 0.1) is 0 Å². The molecule has 0 amide bonds. The van der Waals surface area contributed by atoms with Crippen LogP contribution < -0.4 is 5.32 Å². The van der Waals surface area contributed by atoms with Crippen LogP contribution in [0.25, 0.3) is 0 Å². The number of amidine groups is 1. The Morgan fingerprint density at radius 1 is 1.12 bits per heavy atom. The van der Waals surface area contributed by atoms with Crippen molar-refractivity contribution in [2.45, 2.75) is 6.54 Å². The Balaban J connectivity index is 1.85. The van der Waals surface area contributed by atoms with Crippen molar-refractivity contribution in [2.75, 3.05) is 0 Å². The average Bonchev–Trinajstić information content (AvgIpc) is 3.15. The first kappa shape index (κ1) is 15.5. The first-order chi connectivity index (χ1) is 11.7. The number of nitrogens with one attached hydrogen (secondary N) is 2. The van der Waals surface area contributed by atoms with Gasteiger partial charge in [-0.1, -0.05) is 24.3 Å². The Morgan fingerprint density at radius 2 is 1.96 bits per heavy atom. The van der Waals surface area contributed by atoms with Gasteiger partial charge in [-0.15, -0.1) is 0 Å². The van der Waals surface area contributed by atoms with Crippen LogP contribution in [0.1, 0.15) is 11.3 Å². The third-order valence-electron chi connectivity index (χ3n) is 3.25. The van der Waals surface area contributed by atoms with E-state index in [0.717, 1.165) is 0 Å². The van der Waals surface area contributed by atoms with Gasteiger partial charge in [-0.3, -0.25) is 10.4 Å². The van der Waals surface area contributed by atoms with E-state index in [1.807, 2.05) is 6.07 Å². The smallest absolute Gasteiger partial charge is 0.245 e. The Kier molecular flexibility index (Phi) is 4.71. The van der Waals surface area contributed by atoms with E-state index in [-0.39, 0.29) is 18.3 Å². The zero-order valence-corrected chi connectivity index (χ0v) is 12.7. The summed E-state index contributed by atoms with van der Waals surface area (Å²) in [6, 6.07) is 13.6. The number of halogens is 1. The highest BCUT2D eigenvalue weighted by molar-refractivity contribution is 6.04. The molecule has 0 saturated carbocycles. The molecule has 0 unspecified atom stereocenters. The summed E-state index contributed by atoms with van der Waals surface area (Å²) < 4.78 is 15.1. The summed E-state index contributed by atoms with van der Waals surface area (Å²) in [7, 11) is 0. The molecular weight excluding hydrogens is 307 g/mol. The van der Waals surface area contributed by atoms with E-state index in [4.69, 9.17) is 5.41 Å². The Labute approximate surface area is 138 Å². The highest BCUT2D eigenvalue weighted by Crippen LogP contribution is 2.06. The molecule has 0 saturated heterocycles. The van der Waals surface area contributed by atoms with Gasteiger partial charge in [0, 0.05) is 30.7 Å². The normalized spacial score (nSPS) is 11.3. The molecule has 24 heavy (non-hydrogen) atoms. The molecule has 0 atom stereocenters. The number of hydrogen-bond acceptors (Lipinski definition) is 3. The highest BCUT2D eigenvalue weighted by Gasteiger charge is 2.09. The minimum absolute atomic E-state index is 0.0679. The van der Waals surface area contributed by atoms with Crippen molar-refractivity contribution in [1.29, 1.82) is 5.41 Å². The van der Waals surface area contributed by atoms with Gasteiger partial charge in [0.2, 0.25) is 5.96 Å². The summed E-state index contributed by atoms with van der Waals surface area (Å²) in [6.45, 7) is 0.231. The minimum Gasteiger partial charge on any atom is -0.364 e. The predicted octanol–water partition coefficient (Wildman–Crippen LogP) is 2.44. The lowest BCUT2D eigenvalue weighted by molar-refractivity contribution is 0.606. The molecule has 0 aliphatic heterocycles. The molecule has 120 valence electrons. The number of pyridine rings is 1. The van der Waals surface area contributed by atoms with Gasteiger partial charge in [0.15, 0.2) is 5.84 Å². The lowest BCUT2D eigenvalue weighted by atomic mass is 10.2. The second-order valence-corrected chi connectivity index (χ2v) is 4.89. The Hall–Kier alpha value is -3.35. The van der Waals surface area contributed by atoms with E-state index in [1.165, 1.54) is 10.7 Å². The molecule has 6 nitrogen and oxygen atoms in total. The summed E-state index contributed by atoms with van der Waals surface area (Å²) in [4.78, 5) is 8.47. The molecule has 0 aliphatic rings. The van der Waals surface area contributed by atoms with Crippen molar-refractivity contribution in [3.8, 4) is 0 Å². The molecule has 2 heterocycles. The fraction of sp³-hybridized carbons (Fsp3) is 0.0588. The zero-order chi connectivity index (χ0) is 16.8. The fourth-order valence-electron chi connectivity index (χ4n) is 2.06. The van der Waals surface area contributed by atoms with E-state index in [9.17, 15) is 4.39 Å². The molecule has 3 aromatic rings. The van der Waals surface area contributed by atoms with Crippen molar-refractivity contribution >= 4 is 11.8 Å². The fourth-order valence-corrected chi connectivity index (χ4v) is 2.06. The maximum Gasteiger partial charge on any atom is 0.245 e. The maximum atomic E-state index is 13.8. The Morgan fingerprint density at radius 3 is 2.67 bits per heavy atom. The third kappa shape index (κ3) is 3.70.